The molecule has 1 atom stereocenters. The van der Waals surface area contributed by atoms with Gasteiger partial charge in [0.25, 0.3) is 0 Å². The summed E-state index contributed by atoms with van der Waals surface area (Å²) in [6, 6.07) is 7.60. The van der Waals surface area contributed by atoms with Gasteiger partial charge in [0.1, 0.15) is 0 Å². The van der Waals surface area contributed by atoms with E-state index < -0.39 is 9.84 Å². The molecule has 1 heterocycles. The maximum Gasteiger partial charge on any atom is 0.239 e. The Kier molecular flexibility index (Phi) is 5.76. The van der Waals surface area contributed by atoms with Crippen LogP contribution in [0.2, 0.25) is 0 Å². The van der Waals surface area contributed by atoms with E-state index in [2.05, 4.69) is 10.6 Å². The normalized spacial score (nSPS) is 19.3. The number of nitrogens with one attached hydrogen (secondary N) is 2. The van der Waals surface area contributed by atoms with Crippen molar-refractivity contribution in [2.75, 3.05) is 18.1 Å². The van der Waals surface area contributed by atoms with Gasteiger partial charge in [0, 0.05) is 12.5 Å². The predicted octanol–water partition coefficient (Wildman–Crippen LogP) is 0.347. The maximum absolute atomic E-state index is 11.8. The highest BCUT2D eigenvalue weighted by Gasteiger charge is 2.28. The average molecular weight is 338 g/mol. The molecule has 6 nitrogen and oxygen atoms in total. The smallest absolute Gasteiger partial charge is 0.239 e. The summed E-state index contributed by atoms with van der Waals surface area (Å²) >= 11 is 0. The van der Waals surface area contributed by atoms with Crippen molar-refractivity contribution in [3.63, 3.8) is 0 Å². The molecule has 1 aliphatic heterocycles. The molecule has 1 aliphatic rings. The van der Waals surface area contributed by atoms with Crippen LogP contribution in [-0.2, 0) is 25.8 Å². The van der Waals surface area contributed by atoms with Gasteiger partial charge in [-0.2, -0.15) is 0 Å². The number of hydrogen-bond donors (Lipinski definition) is 2. The van der Waals surface area contributed by atoms with Crippen LogP contribution in [0.4, 0.5) is 0 Å². The number of benzene rings is 1. The first-order valence-electron chi connectivity index (χ1n) is 7.66. The van der Waals surface area contributed by atoms with Crippen LogP contribution in [0.25, 0.3) is 0 Å². The Hall–Kier alpha value is -1.89. The fourth-order valence-electron chi connectivity index (χ4n) is 2.58. The van der Waals surface area contributed by atoms with E-state index in [1.54, 1.807) is 0 Å². The van der Waals surface area contributed by atoms with Crippen molar-refractivity contribution in [1.82, 2.24) is 10.6 Å². The topological polar surface area (TPSA) is 92.3 Å². The number of sulfone groups is 1. The van der Waals surface area contributed by atoms with Crippen molar-refractivity contribution >= 4 is 21.7 Å². The lowest BCUT2D eigenvalue weighted by Gasteiger charge is -2.11. The summed E-state index contributed by atoms with van der Waals surface area (Å²) in [7, 11) is -3.02. The van der Waals surface area contributed by atoms with Crippen molar-refractivity contribution in [2.45, 2.75) is 32.2 Å². The molecule has 1 saturated heterocycles. The summed E-state index contributed by atoms with van der Waals surface area (Å²) in [6.07, 6.45) is 1.37. The average Bonchev–Trinajstić information content (AvgIpc) is 2.82. The molecule has 1 aromatic carbocycles. The molecule has 23 heavy (non-hydrogen) atoms. The van der Waals surface area contributed by atoms with E-state index >= 15 is 0 Å². The van der Waals surface area contributed by atoms with E-state index in [1.807, 2.05) is 31.2 Å². The van der Waals surface area contributed by atoms with Crippen LogP contribution in [0.3, 0.4) is 0 Å². The molecule has 0 aliphatic carbocycles. The van der Waals surface area contributed by atoms with Gasteiger partial charge < -0.3 is 10.6 Å². The van der Waals surface area contributed by atoms with Crippen molar-refractivity contribution < 1.29 is 18.0 Å². The van der Waals surface area contributed by atoms with Gasteiger partial charge in [-0.1, -0.05) is 29.8 Å². The Morgan fingerprint density at radius 2 is 2.04 bits per heavy atom. The van der Waals surface area contributed by atoms with E-state index in [9.17, 15) is 18.0 Å². The predicted molar refractivity (Wildman–Crippen MR) is 87.7 cm³/mol. The minimum atomic E-state index is -3.02. The fourth-order valence-corrected chi connectivity index (χ4v) is 4.25. The van der Waals surface area contributed by atoms with Gasteiger partial charge in [-0.25, -0.2) is 8.42 Å². The van der Waals surface area contributed by atoms with E-state index in [4.69, 9.17) is 0 Å². The zero-order valence-electron chi connectivity index (χ0n) is 13.2. The van der Waals surface area contributed by atoms with Crippen molar-refractivity contribution in [2.24, 2.45) is 0 Å². The van der Waals surface area contributed by atoms with Crippen LogP contribution in [-0.4, -0.2) is 44.3 Å². The summed E-state index contributed by atoms with van der Waals surface area (Å²) in [5, 5.41) is 5.20. The molecule has 2 N–H and O–H groups in total. The van der Waals surface area contributed by atoms with Crippen molar-refractivity contribution in [1.29, 1.82) is 0 Å². The minimum Gasteiger partial charge on any atom is -0.351 e. The van der Waals surface area contributed by atoms with Crippen LogP contribution in [0.5, 0.6) is 0 Å². The SMILES string of the molecule is Cc1cccc(CCC(=O)NCC(=O)NC2CCS(=O)(=O)C2)c1. The minimum absolute atomic E-state index is 0.0138. The van der Waals surface area contributed by atoms with Crippen LogP contribution in [0.15, 0.2) is 24.3 Å². The number of carbonyl (C=O) groups is 2. The lowest BCUT2D eigenvalue weighted by atomic mass is 10.1. The Balaban J connectivity index is 1.67. The third-order valence-corrected chi connectivity index (χ3v) is 5.53. The second kappa shape index (κ2) is 7.59. The molecule has 1 unspecified atom stereocenters. The molecule has 7 heteroatoms. The second-order valence-electron chi connectivity index (χ2n) is 5.93. The number of rotatable bonds is 6. The Morgan fingerprint density at radius 3 is 2.70 bits per heavy atom. The zero-order chi connectivity index (χ0) is 16.9. The van der Waals surface area contributed by atoms with Gasteiger partial charge in [0.05, 0.1) is 18.1 Å². The molecule has 0 bridgehead atoms. The zero-order valence-corrected chi connectivity index (χ0v) is 14.0. The molecule has 1 fully saturated rings. The van der Waals surface area contributed by atoms with E-state index in [0.29, 0.717) is 19.3 Å². The van der Waals surface area contributed by atoms with Crippen molar-refractivity contribution in [3.8, 4) is 0 Å². The number of hydrogen-bond acceptors (Lipinski definition) is 4. The van der Waals surface area contributed by atoms with Crippen LogP contribution in [0.1, 0.15) is 24.0 Å². The van der Waals surface area contributed by atoms with E-state index in [-0.39, 0.29) is 35.9 Å². The molecular formula is C16H22N2O4S. The first kappa shape index (κ1) is 17.5. The highest BCUT2D eigenvalue weighted by atomic mass is 32.2. The summed E-state index contributed by atoms with van der Waals surface area (Å²) < 4.78 is 22.6. The van der Waals surface area contributed by atoms with Gasteiger partial charge in [-0.3, -0.25) is 9.59 Å². The van der Waals surface area contributed by atoms with E-state index in [1.165, 1.54) is 0 Å². The molecule has 126 valence electrons. The Labute approximate surface area is 136 Å². The van der Waals surface area contributed by atoms with Gasteiger partial charge in [0.2, 0.25) is 11.8 Å². The number of amides is 2. The summed E-state index contributed by atoms with van der Waals surface area (Å²) in [5.41, 5.74) is 2.23. The quantitative estimate of drug-likeness (QED) is 0.783. The van der Waals surface area contributed by atoms with Gasteiger partial charge in [0.15, 0.2) is 9.84 Å². The lowest BCUT2D eigenvalue weighted by Crippen LogP contribution is -2.42. The molecule has 0 radical (unpaired) electrons. The largest absolute Gasteiger partial charge is 0.351 e. The molecule has 2 rings (SSSR count). The molecular weight excluding hydrogens is 316 g/mol. The highest BCUT2D eigenvalue weighted by molar-refractivity contribution is 7.91. The van der Waals surface area contributed by atoms with Gasteiger partial charge >= 0.3 is 0 Å². The molecule has 0 spiro atoms. The number of aryl methyl sites for hydroxylation is 2. The Bertz CT molecular complexity index is 685. The fraction of sp³-hybridized carbons (Fsp3) is 0.500. The summed E-state index contributed by atoms with van der Waals surface area (Å²) in [4.78, 5) is 23.5. The second-order valence-corrected chi connectivity index (χ2v) is 8.16. The third kappa shape index (κ3) is 6.02. The lowest BCUT2D eigenvalue weighted by molar-refractivity contribution is -0.126. The van der Waals surface area contributed by atoms with Crippen LogP contribution in [0, 0.1) is 6.92 Å². The summed E-state index contributed by atoms with van der Waals surface area (Å²) in [5.74, 6) is -0.447. The number of carbonyl (C=O) groups excluding carboxylic acids is 2. The standard InChI is InChI=1S/C16H22N2O4S/c1-12-3-2-4-13(9-12)5-6-15(19)17-10-16(20)18-14-7-8-23(21,22)11-14/h2-4,9,14H,5-8,10-11H2,1H3,(H,17,19)(H,18,20). The first-order valence-corrected chi connectivity index (χ1v) is 9.48. The summed E-state index contributed by atoms with van der Waals surface area (Å²) in [6.45, 7) is 1.88. The molecule has 0 saturated carbocycles. The Morgan fingerprint density at radius 1 is 1.26 bits per heavy atom. The van der Waals surface area contributed by atoms with Gasteiger partial charge in [-0.05, 0) is 25.3 Å². The molecule has 2 amide bonds. The van der Waals surface area contributed by atoms with Crippen LogP contribution >= 0.6 is 0 Å². The van der Waals surface area contributed by atoms with Crippen LogP contribution < -0.4 is 10.6 Å². The highest BCUT2D eigenvalue weighted by Crippen LogP contribution is 2.10. The van der Waals surface area contributed by atoms with E-state index in [0.717, 1.165) is 11.1 Å². The first-order chi connectivity index (χ1) is 10.8. The van der Waals surface area contributed by atoms with Gasteiger partial charge in [-0.15, -0.1) is 0 Å². The van der Waals surface area contributed by atoms with Crippen molar-refractivity contribution in [3.05, 3.63) is 35.4 Å². The monoisotopic (exact) mass is 338 g/mol. The molecule has 1 aromatic rings. The maximum atomic E-state index is 11.8. The third-order valence-electron chi connectivity index (χ3n) is 3.77. The molecule has 0 aromatic heterocycles.